The molecule has 1 heterocycles. The Hall–Kier alpha value is -1.83. The highest BCUT2D eigenvalue weighted by Crippen LogP contribution is 2.32. The van der Waals surface area contributed by atoms with Crippen LogP contribution < -0.4 is 0 Å². The summed E-state index contributed by atoms with van der Waals surface area (Å²) in [5.41, 5.74) is -0.0602. The topological polar surface area (TPSA) is 56.3 Å². The largest absolute Gasteiger partial charge is 0.433 e. The zero-order valence-corrected chi connectivity index (χ0v) is 12.0. The maximum Gasteiger partial charge on any atom is 0.433 e. The van der Waals surface area contributed by atoms with Crippen LogP contribution in [0.15, 0.2) is 40.8 Å². The van der Waals surface area contributed by atoms with E-state index in [1.165, 1.54) is 24.3 Å². The first-order valence-corrected chi connectivity index (χ1v) is 6.73. The first-order valence-electron chi connectivity index (χ1n) is 5.81. The van der Waals surface area contributed by atoms with Gasteiger partial charge in [-0.25, -0.2) is 0 Å². The summed E-state index contributed by atoms with van der Waals surface area (Å²) in [6.07, 6.45) is -4.02. The van der Waals surface area contributed by atoms with Gasteiger partial charge in [-0.3, -0.25) is 10.1 Å². The van der Waals surface area contributed by atoms with E-state index in [9.17, 15) is 23.3 Å². The van der Waals surface area contributed by atoms with Gasteiger partial charge in [0.2, 0.25) is 0 Å². The molecule has 0 aliphatic carbocycles. The summed E-state index contributed by atoms with van der Waals surface area (Å²) in [4.78, 5) is 9.51. The molecule has 0 spiro atoms. The predicted octanol–water partition coefficient (Wildman–Crippen LogP) is 4.89. The molecular weight excluding hydrogens is 355 g/mol. The zero-order valence-electron chi connectivity index (χ0n) is 10.4. The second kappa shape index (κ2) is 5.88. The SMILES string of the molecule is O=[N+]([O-])c1ccc(C(Br)Cc2ccc(C(F)(F)F)cc2)o1. The summed E-state index contributed by atoms with van der Waals surface area (Å²) < 4.78 is 42.3. The Morgan fingerprint density at radius 2 is 1.81 bits per heavy atom. The maximum absolute atomic E-state index is 12.4. The van der Waals surface area contributed by atoms with Crippen molar-refractivity contribution in [3.8, 4) is 0 Å². The third-order valence-electron chi connectivity index (χ3n) is 2.80. The van der Waals surface area contributed by atoms with Gasteiger partial charge in [-0.2, -0.15) is 13.2 Å². The van der Waals surface area contributed by atoms with E-state index in [-0.39, 0.29) is 10.7 Å². The molecular formula is C13H9BrF3NO3. The molecule has 4 nitrogen and oxygen atoms in total. The molecule has 1 aromatic carbocycles. The second-order valence-electron chi connectivity index (χ2n) is 4.30. The molecule has 0 fully saturated rings. The number of hydrogen-bond donors (Lipinski definition) is 0. The summed E-state index contributed by atoms with van der Waals surface area (Å²) in [5, 5.41) is 10.5. The van der Waals surface area contributed by atoms with Crippen LogP contribution in [0.4, 0.5) is 19.1 Å². The van der Waals surface area contributed by atoms with Crippen LogP contribution in [0.5, 0.6) is 0 Å². The van der Waals surface area contributed by atoms with E-state index in [1.54, 1.807) is 0 Å². The molecule has 1 aromatic heterocycles. The lowest BCUT2D eigenvalue weighted by Gasteiger charge is -2.09. The van der Waals surface area contributed by atoms with Crippen molar-refractivity contribution < 1.29 is 22.5 Å². The number of halogens is 4. The summed E-state index contributed by atoms with van der Waals surface area (Å²) in [6.45, 7) is 0. The minimum absolute atomic E-state index is 0.349. The Bertz CT molecular complexity index is 637. The Morgan fingerprint density at radius 3 is 2.29 bits per heavy atom. The quantitative estimate of drug-likeness (QED) is 0.441. The predicted molar refractivity (Wildman–Crippen MR) is 72.2 cm³/mol. The standard InChI is InChI=1S/C13H9BrF3NO3/c14-10(11-5-6-12(21-11)18(19)20)7-8-1-3-9(4-2-8)13(15,16)17/h1-6,10H,7H2. The summed E-state index contributed by atoms with van der Waals surface area (Å²) in [6, 6.07) is 7.43. The molecule has 8 heteroatoms. The number of nitro groups is 1. The Labute approximate surface area is 125 Å². The number of rotatable bonds is 4. The van der Waals surface area contributed by atoms with Gasteiger partial charge in [-0.05, 0) is 30.2 Å². The summed E-state index contributed by atoms with van der Waals surface area (Å²) in [5.74, 6) is -0.0246. The molecule has 0 N–H and O–H groups in total. The van der Waals surface area contributed by atoms with Gasteiger partial charge in [0, 0.05) is 0 Å². The van der Waals surface area contributed by atoms with E-state index in [4.69, 9.17) is 4.42 Å². The normalized spacial score (nSPS) is 13.1. The lowest BCUT2D eigenvalue weighted by Crippen LogP contribution is -2.04. The van der Waals surface area contributed by atoms with E-state index in [1.807, 2.05) is 0 Å². The van der Waals surface area contributed by atoms with Gasteiger partial charge in [0.25, 0.3) is 0 Å². The highest BCUT2D eigenvalue weighted by Gasteiger charge is 2.30. The third-order valence-corrected chi connectivity index (χ3v) is 3.57. The van der Waals surface area contributed by atoms with Gasteiger partial charge in [-0.15, -0.1) is 0 Å². The second-order valence-corrected chi connectivity index (χ2v) is 5.40. The average Bonchev–Trinajstić information content (AvgIpc) is 2.88. The molecule has 0 aliphatic rings. The molecule has 0 amide bonds. The van der Waals surface area contributed by atoms with Crippen molar-refractivity contribution in [3.63, 3.8) is 0 Å². The molecule has 0 aliphatic heterocycles. The van der Waals surface area contributed by atoms with Crippen molar-refractivity contribution in [3.05, 3.63) is 63.4 Å². The van der Waals surface area contributed by atoms with Crippen LogP contribution >= 0.6 is 15.9 Å². The number of alkyl halides is 4. The summed E-state index contributed by atoms with van der Waals surface area (Å²) >= 11 is 3.30. The monoisotopic (exact) mass is 363 g/mol. The number of hydrogen-bond acceptors (Lipinski definition) is 3. The highest BCUT2D eigenvalue weighted by molar-refractivity contribution is 9.09. The Kier molecular flexibility index (Phi) is 4.36. The van der Waals surface area contributed by atoms with E-state index in [0.717, 1.165) is 12.1 Å². The average molecular weight is 364 g/mol. The summed E-state index contributed by atoms with van der Waals surface area (Å²) in [7, 11) is 0. The Balaban J connectivity index is 2.08. The molecule has 1 unspecified atom stereocenters. The fourth-order valence-corrected chi connectivity index (χ4v) is 2.37. The number of benzene rings is 1. The van der Waals surface area contributed by atoms with Crippen molar-refractivity contribution in [2.24, 2.45) is 0 Å². The third kappa shape index (κ3) is 3.84. The Morgan fingerprint density at radius 1 is 1.19 bits per heavy atom. The van der Waals surface area contributed by atoms with E-state index >= 15 is 0 Å². The molecule has 1 atom stereocenters. The minimum Gasteiger partial charge on any atom is -0.405 e. The van der Waals surface area contributed by atoms with Crippen LogP contribution in [0.3, 0.4) is 0 Å². The van der Waals surface area contributed by atoms with Crippen LogP contribution in [-0.4, -0.2) is 4.92 Å². The van der Waals surface area contributed by atoms with Crippen molar-refractivity contribution in [2.75, 3.05) is 0 Å². The molecule has 0 saturated heterocycles. The van der Waals surface area contributed by atoms with Crippen molar-refractivity contribution in [2.45, 2.75) is 17.4 Å². The van der Waals surface area contributed by atoms with Gasteiger partial charge in [0.1, 0.15) is 10.7 Å². The van der Waals surface area contributed by atoms with Crippen LogP contribution in [-0.2, 0) is 12.6 Å². The number of furan rings is 1. The van der Waals surface area contributed by atoms with Gasteiger partial charge in [-0.1, -0.05) is 28.1 Å². The fraction of sp³-hybridized carbons (Fsp3) is 0.231. The molecule has 21 heavy (non-hydrogen) atoms. The number of nitrogens with zero attached hydrogens (tertiary/aromatic N) is 1. The van der Waals surface area contributed by atoms with Crippen LogP contribution in [0, 0.1) is 10.1 Å². The van der Waals surface area contributed by atoms with Gasteiger partial charge in [0.05, 0.1) is 16.5 Å². The maximum atomic E-state index is 12.4. The molecule has 2 rings (SSSR count). The van der Waals surface area contributed by atoms with E-state index in [2.05, 4.69) is 15.9 Å². The molecule has 0 bridgehead atoms. The lowest BCUT2D eigenvalue weighted by atomic mass is 10.1. The first-order chi connectivity index (χ1) is 9.77. The first kappa shape index (κ1) is 15.6. The van der Waals surface area contributed by atoms with Crippen LogP contribution in [0.25, 0.3) is 0 Å². The van der Waals surface area contributed by atoms with Crippen molar-refractivity contribution >= 4 is 21.8 Å². The zero-order chi connectivity index (χ0) is 15.6. The van der Waals surface area contributed by atoms with E-state index in [0.29, 0.717) is 17.7 Å². The van der Waals surface area contributed by atoms with Crippen molar-refractivity contribution in [1.82, 2.24) is 0 Å². The molecule has 0 saturated carbocycles. The van der Waals surface area contributed by atoms with Crippen molar-refractivity contribution in [1.29, 1.82) is 0 Å². The van der Waals surface area contributed by atoms with Gasteiger partial charge >= 0.3 is 12.1 Å². The van der Waals surface area contributed by atoms with Gasteiger partial charge < -0.3 is 4.42 Å². The molecule has 2 aromatic rings. The van der Waals surface area contributed by atoms with E-state index < -0.39 is 16.7 Å². The lowest BCUT2D eigenvalue weighted by molar-refractivity contribution is -0.402. The van der Waals surface area contributed by atoms with Crippen LogP contribution in [0.1, 0.15) is 21.7 Å². The minimum atomic E-state index is -4.37. The van der Waals surface area contributed by atoms with Crippen LogP contribution in [0.2, 0.25) is 0 Å². The van der Waals surface area contributed by atoms with Gasteiger partial charge in [0.15, 0.2) is 0 Å². The molecule has 0 radical (unpaired) electrons. The molecule has 112 valence electrons. The smallest absolute Gasteiger partial charge is 0.405 e. The fourth-order valence-electron chi connectivity index (χ4n) is 1.75. The highest BCUT2D eigenvalue weighted by atomic mass is 79.9.